The van der Waals surface area contributed by atoms with Gasteiger partial charge in [0.05, 0.1) is 12.2 Å². The zero-order valence-electron chi connectivity index (χ0n) is 26.8. The van der Waals surface area contributed by atoms with Crippen LogP contribution in [0.15, 0.2) is 48.5 Å². The molecule has 0 bridgehead atoms. The summed E-state index contributed by atoms with van der Waals surface area (Å²) < 4.78 is 8.80. The van der Waals surface area contributed by atoms with E-state index in [2.05, 4.69) is 79.0 Å². The molecule has 0 saturated heterocycles. The Kier molecular flexibility index (Phi) is 14.9. The van der Waals surface area contributed by atoms with Gasteiger partial charge in [0.2, 0.25) is 0 Å². The first-order valence-electron chi connectivity index (χ1n) is 16.2. The summed E-state index contributed by atoms with van der Waals surface area (Å²) in [5, 5.41) is 10.3. The van der Waals surface area contributed by atoms with Crippen LogP contribution in [0.5, 0.6) is 0 Å². The number of ketones is 2. The number of rotatable bonds is 10. The number of halogens is 2. The normalized spacial score (nSPS) is 18.3. The van der Waals surface area contributed by atoms with E-state index in [-0.39, 0.29) is 29.1 Å². The summed E-state index contributed by atoms with van der Waals surface area (Å²) in [6.45, 7) is 11.4. The largest absolute Gasteiger partial charge is 0.413 e. The van der Waals surface area contributed by atoms with Crippen molar-refractivity contribution in [2.45, 2.75) is 128 Å². The highest BCUT2D eigenvalue weighted by molar-refractivity contribution is 14.1. The van der Waals surface area contributed by atoms with Gasteiger partial charge in [-0.3, -0.25) is 9.59 Å². The van der Waals surface area contributed by atoms with Crippen LogP contribution in [0.1, 0.15) is 119 Å². The zero-order chi connectivity index (χ0) is 31.6. The zero-order valence-corrected chi connectivity index (χ0v) is 32.2. The Morgan fingerprint density at radius 1 is 0.767 bits per heavy atom. The summed E-state index contributed by atoms with van der Waals surface area (Å²) in [5.74, 6) is 1.16. The second-order valence-electron chi connectivity index (χ2n) is 14.0. The Hall–Kier alpha value is -0.623. The molecule has 2 atom stereocenters. The van der Waals surface area contributed by atoms with E-state index in [4.69, 9.17) is 4.43 Å². The van der Waals surface area contributed by atoms with Gasteiger partial charge in [-0.25, -0.2) is 0 Å². The van der Waals surface area contributed by atoms with Crippen molar-refractivity contribution in [1.82, 2.24) is 0 Å². The lowest BCUT2D eigenvalue weighted by Gasteiger charge is -2.42. The Morgan fingerprint density at radius 2 is 1.19 bits per heavy atom. The lowest BCUT2D eigenvalue weighted by atomic mass is 9.83. The molecule has 0 spiro atoms. The predicted molar refractivity (Wildman–Crippen MR) is 197 cm³/mol. The molecule has 2 aliphatic rings. The Labute approximate surface area is 289 Å². The van der Waals surface area contributed by atoms with E-state index >= 15 is 0 Å². The minimum atomic E-state index is -1.89. The monoisotopic (exact) mass is 830 g/mol. The predicted octanol–water partition coefficient (Wildman–Crippen LogP) is 10.6. The van der Waals surface area contributed by atoms with Crippen molar-refractivity contribution in [1.29, 1.82) is 0 Å². The van der Waals surface area contributed by atoms with Crippen molar-refractivity contribution in [3.8, 4) is 0 Å². The van der Waals surface area contributed by atoms with Gasteiger partial charge in [0.1, 0.15) is 0 Å². The maximum Gasteiger partial charge on any atom is 0.192 e. The minimum Gasteiger partial charge on any atom is -0.413 e. The Bertz CT molecular complexity index is 1180. The van der Waals surface area contributed by atoms with Gasteiger partial charge in [-0.1, -0.05) is 95.7 Å². The molecule has 2 aliphatic carbocycles. The van der Waals surface area contributed by atoms with Crippen LogP contribution in [-0.4, -0.2) is 37.2 Å². The van der Waals surface area contributed by atoms with Crippen molar-refractivity contribution >= 4 is 65.1 Å². The van der Waals surface area contributed by atoms with Crippen LogP contribution < -0.4 is 0 Å². The molecule has 43 heavy (non-hydrogen) atoms. The van der Waals surface area contributed by atoms with Gasteiger partial charge in [-0.2, -0.15) is 0 Å². The van der Waals surface area contributed by atoms with Crippen LogP contribution in [0.25, 0.3) is 0 Å². The third-order valence-corrected chi connectivity index (χ3v) is 16.1. The molecule has 7 heteroatoms. The van der Waals surface area contributed by atoms with Crippen LogP contribution in [0, 0.1) is 19.0 Å². The molecule has 2 aromatic rings. The summed E-state index contributed by atoms with van der Waals surface area (Å²) in [5.41, 5.74) is 1.59. The molecule has 4 rings (SSSR count). The van der Waals surface area contributed by atoms with E-state index in [0.717, 1.165) is 31.1 Å². The first-order valence-corrected chi connectivity index (χ1v) is 21.3. The first kappa shape index (κ1) is 36.8. The molecular formula is C36H52I2O4Si. The summed E-state index contributed by atoms with van der Waals surface area (Å²) in [4.78, 5) is 25.1. The van der Waals surface area contributed by atoms with Gasteiger partial charge in [-0.15, -0.1) is 0 Å². The quantitative estimate of drug-likeness (QED) is 0.147. The number of carbonyl (C=O) groups is 2. The average molecular weight is 831 g/mol. The summed E-state index contributed by atoms with van der Waals surface area (Å²) in [6.07, 6.45) is 12.5. The van der Waals surface area contributed by atoms with Gasteiger partial charge in [0.15, 0.2) is 19.9 Å². The maximum absolute atomic E-state index is 13.0. The van der Waals surface area contributed by atoms with E-state index in [1.54, 1.807) is 0 Å². The smallest absolute Gasteiger partial charge is 0.192 e. The molecule has 1 N–H and O–H groups in total. The standard InChI is InChI=1S/C21H33IO2Si.C15H19IO2/c1-21(2,3)25(4,5)24-20(16-11-7-6-8-12-16)15-19(23)17-13-9-10-14-18(17)22;16-13-9-5-4-8-12(13)15(18)10-14(17)11-6-2-1-3-7-11/h9-10,13-14,16,20H,6-8,11-12,15H2,1-5H3;4-5,8-9,11,14,17H,1-3,6-7,10H2. The topological polar surface area (TPSA) is 63.6 Å². The number of benzene rings is 2. The molecule has 238 valence electrons. The van der Waals surface area contributed by atoms with Crippen LogP contribution >= 0.6 is 45.2 Å². The van der Waals surface area contributed by atoms with Gasteiger partial charge < -0.3 is 9.53 Å². The number of hydrogen-bond acceptors (Lipinski definition) is 4. The van der Waals surface area contributed by atoms with Crippen LogP contribution in [0.2, 0.25) is 18.1 Å². The molecule has 0 amide bonds. The summed E-state index contributed by atoms with van der Waals surface area (Å²) >= 11 is 4.44. The minimum absolute atomic E-state index is 0.0677. The van der Waals surface area contributed by atoms with E-state index in [0.29, 0.717) is 18.3 Å². The molecular weight excluding hydrogens is 778 g/mol. The fraction of sp³-hybridized carbons (Fsp3) is 0.611. The maximum atomic E-state index is 13.0. The number of Topliss-reactive ketones (excluding diaryl/α,β-unsaturated/α-hetero) is 2. The highest BCUT2D eigenvalue weighted by Gasteiger charge is 2.41. The third-order valence-electron chi connectivity index (χ3n) is 9.75. The fourth-order valence-corrected chi connectivity index (χ4v) is 8.78. The second kappa shape index (κ2) is 17.3. The van der Waals surface area contributed by atoms with Crippen molar-refractivity contribution in [3.05, 3.63) is 66.8 Å². The molecule has 0 radical (unpaired) electrons. The molecule has 2 fully saturated rings. The lowest BCUT2D eigenvalue weighted by molar-refractivity contribution is 0.0636. The summed E-state index contributed by atoms with van der Waals surface area (Å²) in [6, 6.07) is 15.5. The van der Waals surface area contributed by atoms with Gasteiger partial charge >= 0.3 is 0 Å². The molecule has 0 aliphatic heterocycles. The van der Waals surface area contributed by atoms with Crippen molar-refractivity contribution in [3.63, 3.8) is 0 Å². The highest BCUT2D eigenvalue weighted by atomic mass is 127. The number of hydrogen-bond donors (Lipinski definition) is 1. The van der Waals surface area contributed by atoms with Gasteiger partial charge in [0.25, 0.3) is 0 Å². The van der Waals surface area contributed by atoms with E-state index in [1.807, 2.05) is 48.5 Å². The van der Waals surface area contributed by atoms with Crippen molar-refractivity contribution in [2.24, 2.45) is 11.8 Å². The molecule has 2 unspecified atom stereocenters. The van der Waals surface area contributed by atoms with E-state index in [9.17, 15) is 14.7 Å². The number of aliphatic hydroxyl groups excluding tert-OH is 1. The fourth-order valence-electron chi connectivity index (χ4n) is 6.02. The van der Waals surface area contributed by atoms with Crippen LogP contribution in [0.4, 0.5) is 0 Å². The molecule has 0 aromatic heterocycles. The SMILES string of the molecule is CC(C)(C)[Si](C)(C)OC(CC(=O)c1ccccc1I)C1CCCCC1.O=C(CC(O)C1CCCCC1)c1ccccc1I. The van der Waals surface area contributed by atoms with Crippen LogP contribution in [0.3, 0.4) is 0 Å². The van der Waals surface area contributed by atoms with E-state index < -0.39 is 14.4 Å². The van der Waals surface area contributed by atoms with Gasteiger partial charge in [-0.05, 0) is 113 Å². The van der Waals surface area contributed by atoms with Crippen LogP contribution in [-0.2, 0) is 4.43 Å². The lowest BCUT2D eigenvalue weighted by Crippen LogP contribution is -2.46. The molecule has 0 heterocycles. The van der Waals surface area contributed by atoms with E-state index in [1.165, 1.54) is 51.4 Å². The average Bonchev–Trinajstić information content (AvgIpc) is 2.97. The highest BCUT2D eigenvalue weighted by Crippen LogP contribution is 2.40. The molecule has 4 nitrogen and oxygen atoms in total. The number of aliphatic hydroxyl groups is 1. The summed E-state index contributed by atoms with van der Waals surface area (Å²) in [7, 11) is -1.89. The second-order valence-corrected chi connectivity index (χ2v) is 21.1. The number of carbonyl (C=O) groups excluding carboxylic acids is 2. The van der Waals surface area contributed by atoms with Crippen molar-refractivity contribution in [2.75, 3.05) is 0 Å². The van der Waals surface area contributed by atoms with Gasteiger partial charge in [0, 0.05) is 31.1 Å². The Balaban J connectivity index is 0.000000248. The van der Waals surface area contributed by atoms with Crippen molar-refractivity contribution < 1.29 is 19.1 Å². The third kappa shape index (κ3) is 11.3. The molecule has 2 aromatic carbocycles. The molecule has 2 saturated carbocycles. The first-order chi connectivity index (χ1) is 20.3. The Morgan fingerprint density at radius 3 is 1.63 bits per heavy atom.